The van der Waals surface area contributed by atoms with Crippen molar-refractivity contribution in [3.63, 3.8) is 0 Å². The van der Waals surface area contributed by atoms with E-state index in [1.54, 1.807) is 7.11 Å². The van der Waals surface area contributed by atoms with Crippen LogP contribution >= 0.6 is 0 Å². The average Bonchev–Trinajstić information content (AvgIpc) is 3.25. The minimum absolute atomic E-state index is 0.00613. The quantitative estimate of drug-likeness (QED) is 0.744. The van der Waals surface area contributed by atoms with E-state index in [0.717, 1.165) is 49.7 Å². The van der Waals surface area contributed by atoms with E-state index in [4.69, 9.17) is 4.74 Å². The summed E-state index contributed by atoms with van der Waals surface area (Å²) in [4.78, 5) is 17.1. The Hall–Kier alpha value is -3.12. The molecule has 0 unspecified atom stereocenters. The van der Waals surface area contributed by atoms with Crippen molar-refractivity contribution in [3.05, 3.63) is 71.9 Å². The third-order valence-electron chi connectivity index (χ3n) is 5.10. The maximum absolute atomic E-state index is 12.8. The first kappa shape index (κ1) is 18.3. The van der Waals surface area contributed by atoms with Gasteiger partial charge in [0.2, 0.25) is 0 Å². The summed E-state index contributed by atoms with van der Waals surface area (Å²) in [6, 6.07) is 19.9. The summed E-state index contributed by atoms with van der Waals surface area (Å²) in [5.41, 5.74) is 3.54. The Morgan fingerprint density at radius 3 is 2.43 bits per heavy atom. The van der Waals surface area contributed by atoms with Gasteiger partial charge in [0.1, 0.15) is 11.4 Å². The number of benzene rings is 2. The zero-order valence-corrected chi connectivity index (χ0v) is 16.0. The van der Waals surface area contributed by atoms with Crippen molar-refractivity contribution in [2.75, 3.05) is 33.3 Å². The standard InChI is InChI=1S/C22H24N4O2/c1-28-19-9-7-18(8-10-19)20-15-21(24-23-20)22(27)26-13-11-25(12-14-26)16-17-5-3-2-4-6-17/h2-10,15H,11-14,16H2,1H3,(H,23,24). The molecule has 6 heteroatoms. The number of hydrogen-bond donors (Lipinski definition) is 1. The van der Waals surface area contributed by atoms with E-state index in [2.05, 4.69) is 39.4 Å². The molecule has 144 valence electrons. The Morgan fingerprint density at radius 2 is 1.75 bits per heavy atom. The predicted octanol–water partition coefficient (Wildman–Crippen LogP) is 3.04. The summed E-state index contributed by atoms with van der Waals surface area (Å²) in [7, 11) is 1.64. The van der Waals surface area contributed by atoms with Crippen LogP contribution in [-0.2, 0) is 6.54 Å². The Labute approximate surface area is 164 Å². The number of aromatic amines is 1. The number of ether oxygens (including phenoxy) is 1. The summed E-state index contributed by atoms with van der Waals surface area (Å²) in [5, 5.41) is 7.20. The second kappa shape index (κ2) is 8.27. The molecule has 3 aromatic rings. The average molecular weight is 376 g/mol. The van der Waals surface area contributed by atoms with Crippen LogP contribution in [0.5, 0.6) is 5.75 Å². The fourth-order valence-electron chi connectivity index (χ4n) is 3.46. The molecule has 0 saturated carbocycles. The number of H-pyrrole nitrogens is 1. The molecule has 1 amide bonds. The normalized spacial score (nSPS) is 14.8. The molecule has 2 heterocycles. The number of nitrogens with zero attached hydrogens (tertiary/aromatic N) is 3. The highest BCUT2D eigenvalue weighted by molar-refractivity contribution is 5.93. The fourth-order valence-corrected chi connectivity index (χ4v) is 3.46. The molecule has 1 N–H and O–H groups in total. The van der Waals surface area contributed by atoms with Gasteiger partial charge in [-0.2, -0.15) is 5.10 Å². The van der Waals surface area contributed by atoms with Crippen LogP contribution < -0.4 is 4.74 Å². The maximum Gasteiger partial charge on any atom is 0.271 e. The molecule has 1 fully saturated rings. The predicted molar refractivity (Wildman–Crippen MR) is 108 cm³/mol. The first-order chi connectivity index (χ1) is 13.7. The van der Waals surface area contributed by atoms with Crippen molar-refractivity contribution in [3.8, 4) is 17.0 Å². The number of amides is 1. The maximum atomic E-state index is 12.8. The van der Waals surface area contributed by atoms with Gasteiger partial charge in [0, 0.05) is 38.3 Å². The number of piperazine rings is 1. The number of hydrogen-bond acceptors (Lipinski definition) is 4. The molecule has 0 spiro atoms. The highest BCUT2D eigenvalue weighted by Crippen LogP contribution is 2.22. The van der Waals surface area contributed by atoms with Crippen LogP contribution in [0.15, 0.2) is 60.7 Å². The lowest BCUT2D eigenvalue weighted by molar-refractivity contribution is 0.0622. The van der Waals surface area contributed by atoms with Crippen LogP contribution in [0, 0.1) is 0 Å². The summed E-state index contributed by atoms with van der Waals surface area (Å²) in [6.45, 7) is 4.12. The topological polar surface area (TPSA) is 61.5 Å². The SMILES string of the molecule is COc1ccc(-c2cc(C(=O)N3CCN(Cc4ccccc4)CC3)[nH]n2)cc1. The molecular weight excluding hydrogens is 352 g/mol. The number of nitrogens with one attached hydrogen (secondary N) is 1. The Balaban J connectivity index is 1.36. The van der Waals surface area contributed by atoms with Gasteiger partial charge in [0.25, 0.3) is 5.91 Å². The van der Waals surface area contributed by atoms with Gasteiger partial charge in [-0.3, -0.25) is 14.8 Å². The van der Waals surface area contributed by atoms with Crippen LogP contribution in [0.1, 0.15) is 16.1 Å². The number of carbonyl (C=O) groups excluding carboxylic acids is 1. The monoisotopic (exact) mass is 376 g/mol. The highest BCUT2D eigenvalue weighted by Gasteiger charge is 2.23. The van der Waals surface area contributed by atoms with Gasteiger partial charge < -0.3 is 9.64 Å². The molecule has 1 saturated heterocycles. The van der Waals surface area contributed by atoms with E-state index < -0.39 is 0 Å². The Morgan fingerprint density at radius 1 is 1.04 bits per heavy atom. The van der Waals surface area contributed by atoms with E-state index in [1.165, 1.54) is 5.56 Å². The Kier molecular flexibility index (Phi) is 5.39. The third-order valence-corrected chi connectivity index (χ3v) is 5.10. The number of carbonyl (C=O) groups is 1. The molecule has 1 aromatic heterocycles. The Bertz CT molecular complexity index is 913. The molecule has 0 bridgehead atoms. The molecule has 6 nitrogen and oxygen atoms in total. The highest BCUT2D eigenvalue weighted by atomic mass is 16.5. The molecule has 28 heavy (non-hydrogen) atoms. The minimum Gasteiger partial charge on any atom is -0.497 e. The van der Waals surface area contributed by atoms with Crippen molar-refractivity contribution < 1.29 is 9.53 Å². The summed E-state index contributed by atoms with van der Waals surface area (Å²) in [6.07, 6.45) is 0. The summed E-state index contributed by atoms with van der Waals surface area (Å²) < 4.78 is 5.18. The largest absolute Gasteiger partial charge is 0.497 e. The first-order valence-corrected chi connectivity index (χ1v) is 9.48. The molecule has 2 aromatic carbocycles. The van der Waals surface area contributed by atoms with Gasteiger partial charge in [0.05, 0.1) is 12.8 Å². The van der Waals surface area contributed by atoms with E-state index in [0.29, 0.717) is 5.69 Å². The molecule has 4 rings (SSSR count). The van der Waals surface area contributed by atoms with Crippen LogP contribution in [-0.4, -0.2) is 59.2 Å². The van der Waals surface area contributed by atoms with Crippen LogP contribution in [0.2, 0.25) is 0 Å². The van der Waals surface area contributed by atoms with Gasteiger partial charge >= 0.3 is 0 Å². The van der Waals surface area contributed by atoms with Crippen molar-refractivity contribution in [1.29, 1.82) is 0 Å². The van der Waals surface area contributed by atoms with Gasteiger partial charge in [-0.05, 0) is 35.9 Å². The third kappa shape index (κ3) is 4.07. The number of methoxy groups -OCH3 is 1. The van der Waals surface area contributed by atoms with E-state index in [1.807, 2.05) is 41.3 Å². The van der Waals surface area contributed by atoms with Gasteiger partial charge in [0.15, 0.2) is 0 Å². The molecule has 0 atom stereocenters. The zero-order chi connectivity index (χ0) is 19.3. The van der Waals surface area contributed by atoms with E-state index >= 15 is 0 Å². The first-order valence-electron chi connectivity index (χ1n) is 9.48. The van der Waals surface area contributed by atoms with E-state index in [-0.39, 0.29) is 5.91 Å². The second-order valence-electron chi connectivity index (χ2n) is 6.95. The lowest BCUT2D eigenvalue weighted by Crippen LogP contribution is -2.48. The number of aromatic nitrogens is 2. The molecule has 1 aliphatic heterocycles. The summed E-state index contributed by atoms with van der Waals surface area (Å²) >= 11 is 0. The second-order valence-corrected chi connectivity index (χ2v) is 6.95. The van der Waals surface area contributed by atoms with Crippen LogP contribution in [0.4, 0.5) is 0 Å². The van der Waals surface area contributed by atoms with Crippen molar-refractivity contribution in [1.82, 2.24) is 20.0 Å². The molecule has 1 aliphatic rings. The lowest BCUT2D eigenvalue weighted by atomic mass is 10.1. The van der Waals surface area contributed by atoms with Crippen molar-refractivity contribution >= 4 is 5.91 Å². The molecule has 0 radical (unpaired) electrons. The van der Waals surface area contributed by atoms with Gasteiger partial charge in [-0.1, -0.05) is 30.3 Å². The van der Waals surface area contributed by atoms with Crippen LogP contribution in [0.25, 0.3) is 11.3 Å². The fraction of sp³-hybridized carbons (Fsp3) is 0.273. The van der Waals surface area contributed by atoms with Crippen molar-refractivity contribution in [2.45, 2.75) is 6.54 Å². The summed E-state index contributed by atoms with van der Waals surface area (Å²) in [5.74, 6) is 0.801. The molecular formula is C22H24N4O2. The smallest absolute Gasteiger partial charge is 0.271 e. The van der Waals surface area contributed by atoms with E-state index in [9.17, 15) is 4.79 Å². The number of rotatable bonds is 5. The molecule has 0 aliphatic carbocycles. The minimum atomic E-state index is 0.00613. The zero-order valence-electron chi connectivity index (χ0n) is 16.0. The lowest BCUT2D eigenvalue weighted by Gasteiger charge is -2.34. The van der Waals surface area contributed by atoms with Crippen molar-refractivity contribution in [2.24, 2.45) is 0 Å². The van der Waals surface area contributed by atoms with Gasteiger partial charge in [-0.15, -0.1) is 0 Å². The van der Waals surface area contributed by atoms with Crippen LogP contribution in [0.3, 0.4) is 0 Å². The van der Waals surface area contributed by atoms with Gasteiger partial charge in [-0.25, -0.2) is 0 Å².